The standard InChI is InChI=1S/C13H18N2O2/c14-11-6-2-1-5-10(11)13(17)15-8-9-4-3-7-12(9)16/h1-2,5-6,9,12,16H,3-4,7-8,14H2,(H,15,17). The molecule has 2 atom stereocenters. The van der Waals surface area contributed by atoms with E-state index in [1.54, 1.807) is 24.3 Å². The molecule has 0 aromatic heterocycles. The number of carbonyl (C=O) groups is 1. The summed E-state index contributed by atoms with van der Waals surface area (Å²) in [5.41, 5.74) is 6.71. The first-order chi connectivity index (χ1) is 8.18. The second-order valence-electron chi connectivity index (χ2n) is 4.56. The van der Waals surface area contributed by atoms with E-state index in [4.69, 9.17) is 5.73 Å². The highest BCUT2D eigenvalue weighted by Gasteiger charge is 2.25. The molecular weight excluding hydrogens is 216 g/mol. The first kappa shape index (κ1) is 11.9. The van der Waals surface area contributed by atoms with E-state index in [1.165, 1.54) is 0 Å². The largest absolute Gasteiger partial charge is 0.398 e. The Morgan fingerprint density at radius 1 is 1.41 bits per heavy atom. The molecule has 0 aliphatic heterocycles. The number of hydrogen-bond acceptors (Lipinski definition) is 3. The fraction of sp³-hybridized carbons (Fsp3) is 0.462. The lowest BCUT2D eigenvalue weighted by atomic mass is 10.1. The maximum absolute atomic E-state index is 11.9. The van der Waals surface area contributed by atoms with Crippen molar-refractivity contribution in [1.82, 2.24) is 5.32 Å². The smallest absolute Gasteiger partial charge is 0.253 e. The van der Waals surface area contributed by atoms with Crippen LogP contribution in [-0.2, 0) is 0 Å². The fourth-order valence-corrected chi connectivity index (χ4v) is 2.28. The number of amides is 1. The third-order valence-electron chi connectivity index (χ3n) is 3.35. The number of nitrogen functional groups attached to an aromatic ring is 1. The van der Waals surface area contributed by atoms with E-state index >= 15 is 0 Å². The van der Waals surface area contributed by atoms with Crippen LogP contribution in [0.2, 0.25) is 0 Å². The Labute approximate surface area is 101 Å². The number of rotatable bonds is 3. The maximum atomic E-state index is 11.9. The molecule has 1 aliphatic carbocycles. The Kier molecular flexibility index (Phi) is 3.64. The van der Waals surface area contributed by atoms with Gasteiger partial charge >= 0.3 is 0 Å². The van der Waals surface area contributed by atoms with E-state index in [1.807, 2.05) is 0 Å². The van der Waals surface area contributed by atoms with Crippen LogP contribution in [0.25, 0.3) is 0 Å². The molecule has 1 aliphatic rings. The molecule has 2 unspecified atom stereocenters. The molecule has 1 aromatic rings. The maximum Gasteiger partial charge on any atom is 0.253 e. The van der Waals surface area contributed by atoms with Crippen LogP contribution < -0.4 is 11.1 Å². The molecule has 1 fully saturated rings. The first-order valence-corrected chi connectivity index (χ1v) is 5.99. The van der Waals surface area contributed by atoms with E-state index < -0.39 is 0 Å². The fourth-order valence-electron chi connectivity index (χ4n) is 2.28. The first-order valence-electron chi connectivity index (χ1n) is 5.99. The van der Waals surface area contributed by atoms with Gasteiger partial charge in [-0.05, 0) is 25.0 Å². The van der Waals surface area contributed by atoms with Crippen LogP contribution in [0.3, 0.4) is 0 Å². The minimum absolute atomic E-state index is 0.165. The SMILES string of the molecule is Nc1ccccc1C(=O)NCC1CCCC1O. The zero-order valence-corrected chi connectivity index (χ0v) is 9.73. The molecule has 2 rings (SSSR count). The van der Waals surface area contributed by atoms with Crippen molar-refractivity contribution in [2.45, 2.75) is 25.4 Å². The highest BCUT2D eigenvalue weighted by molar-refractivity contribution is 5.99. The van der Waals surface area contributed by atoms with Gasteiger partial charge < -0.3 is 16.2 Å². The van der Waals surface area contributed by atoms with Crippen LogP contribution in [-0.4, -0.2) is 23.7 Å². The summed E-state index contributed by atoms with van der Waals surface area (Å²) in [6.07, 6.45) is 2.58. The van der Waals surface area contributed by atoms with E-state index in [0.717, 1.165) is 19.3 Å². The molecule has 4 N–H and O–H groups in total. The number of anilines is 1. The van der Waals surface area contributed by atoms with Gasteiger partial charge in [-0.1, -0.05) is 18.6 Å². The highest BCUT2D eigenvalue weighted by Crippen LogP contribution is 2.24. The van der Waals surface area contributed by atoms with Crippen molar-refractivity contribution in [3.05, 3.63) is 29.8 Å². The summed E-state index contributed by atoms with van der Waals surface area (Å²) in [6, 6.07) is 7.00. The van der Waals surface area contributed by atoms with Crippen molar-refractivity contribution in [2.24, 2.45) is 5.92 Å². The lowest BCUT2D eigenvalue weighted by Gasteiger charge is -2.15. The lowest BCUT2D eigenvalue weighted by Crippen LogP contribution is -2.32. The normalized spacial score (nSPS) is 23.6. The van der Waals surface area contributed by atoms with Gasteiger partial charge in [-0.15, -0.1) is 0 Å². The van der Waals surface area contributed by atoms with Crippen LogP contribution in [0.15, 0.2) is 24.3 Å². The minimum atomic E-state index is -0.275. The van der Waals surface area contributed by atoms with Gasteiger partial charge in [0.05, 0.1) is 11.7 Å². The van der Waals surface area contributed by atoms with Gasteiger partial charge in [-0.3, -0.25) is 4.79 Å². The third-order valence-corrected chi connectivity index (χ3v) is 3.35. The number of para-hydroxylation sites is 1. The zero-order chi connectivity index (χ0) is 12.3. The van der Waals surface area contributed by atoms with Gasteiger partial charge in [0, 0.05) is 18.2 Å². The third kappa shape index (κ3) is 2.77. The predicted octanol–water partition coefficient (Wildman–Crippen LogP) is 1.16. The number of hydrogen-bond donors (Lipinski definition) is 3. The zero-order valence-electron chi connectivity index (χ0n) is 9.73. The van der Waals surface area contributed by atoms with E-state index in [0.29, 0.717) is 17.8 Å². The van der Waals surface area contributed by atoms with Crippen LogP contribution >= 0.6 is 0 Å². The molecular formula is C13H18N2O2. The van der Waals surface area contributed by atoms with Gasteiger partial charge in [0.2, 0.25) is 0 Å². The number of nitrogens with two attached hydrogens (primary N) is 1. The molecule has 0 saturated heterocycles. The summed E-state index contributed by atoms with van der Waals surface area (Å²) in [4.78, 5) is 11.9. The monoisotopic (exact) mass is 234 g/mol. The second kappa shape index (κ2) is 5.19. The number of carbonyl (C=O) groups excluding carboxylic acids is 1. The van der Waals surface area contributed by atoms with Crippen LogP contribution in [0.4, 0.5) is 5.69 Å². The van der Waals surface area contributed by atoms with Crippen molar-refractivity contribution in [1.29, 1.82) is 0 Å². The molecule has 0 radical (unpaired) electrons. The average Bonchev–Trinajstić information content (AvgIpc) is 2.72. The van der Waals surface area contributed by atoms with Gasteiger partial charge in [-0.2, -0.15) is 0 Å². The molecule has 92 valence electrons. The lowest BCUT2D eigenvalue weighted by molar-refractivity contribution is 0.0917. The summed E-state index contributed by atoms with van der Waals surface area (Å²) in [5, 5.41) is 12.5. The molecule has 1 aromatic carbocycles. The van der Waals surface area contributed by atoms with Crippen LogP contribution in [0.5, 0.6) is 0 Å². The van der Waals surface area contributed by atoms with Crippen molar-refractivity contribution in [2.75, 3.05) is 12.3 Å². The highest BCUT2D eigenvalue weighted by atomic mass is 16.3. The molecule has 0 spiro atoms. The summed E-state index contributed by atoms with van der Waals surface area (Å²) < 4.78 is 0. The Balaban J connectivity index is 1.91. The average molecular weight is 234 g/mol. The summed E-state index contributed by atoms with van der Waals surface area (Å²) in [6.45, 7) is 0.522. The van der Waals surface area contributed by atoms with E-state index in [-0.39, 0.29) is 17.9 Å². The molecule has 4 heteroatoms. The Hall–Kier alpha value is -1.55. The topological polar surface area (TPSA) is 75.4 Å². The van der Waals surface area contributed by atoms with Crippen molar-refractivity contribution in [3.8, 4) is 0 Å². The summed E-state index contributed by atoms with van der Waals surface area (Å²) >= 11 is 0. The van der Waals surface area contributed by atoms with Crippen molar-refractivity contribution >= 4 is 11.6 Å². The minimum Gasteiger partial charge on any atom is -0.398 e. The van der Waals surface area contributed by atoms with E-state index in [9.17, 15) is 9.90 Å². The molecule has 0 bridgehead atoms. The van der Waals surface area contributed by atoms with Crippen molar-refractivity contribution in [3.63, 3.8) is 0 Å². The summed E-state index contributed by atoms with van der Waals surface area (Å²) in [5.74, 6) is 0.0195. The molecule has 1 saturated carbocycles. The molecule has 17 heavy (non-hydrogen) atoms. The number of aliphatic hydroxyl groups excluding tert-OH is 1. The summed E-state index contributed by atoms with van der Waals surface area (Å²) in [7, 11) is 0. The van der Waals surface area contributed by atoms with Crippen LogP contribution in [0, 0.1) is 5.92 Å². The number of nitrogens with one attached hydrogen (secondary N) is 1. The number of aliphatic hydroxyl groups is 1. The Bertz CT molecular complexity index is 406. The van der Waals surface area contributed by atoms with Gasteiger partial charge in [-0.25, -0.2) is 0 Å². The predicted molar refractivity (Wildman–Crippen MR) is 66.5 cm³/mol. The second-order valence-corrected chi connectivity index (χ2v) is 4.56. The molecule has 0 heterocycles. The quantitative estimate of drug-likeness (QED) is 0.687. The Morgan fingerprint density at radius 3 is 2.82 bits per heavy atom. The van der Waals surface area contributed by atoms with Gasteiger partial charge in [0.25, 0.3) is 5.91 Å². The number of benzene rings is 1. The van der Waals surface area contributed by atoms with Crippen molar-refractivity contribution < 1.29 is 9.90 Å². The van der Waals surface area contributed by atoms with E-state index in [2.05, 4.69) is 5.32 Å². The molecule has 1 amide bonds. The Morgan fingerprint density at radius 2 is 2.18 bits per heavy atom. The van der Waals surface area contributed by atoms with Gasteiger partial charge in [0.1, 0.15) is 0 Å². The molecule has 4 nitrogen and oxygen atoms in total. The van der Waals surface area contributed by atoms with Gasteiger partial charge in [0.15, 0.2) is 0 Å². The van der Waals surface area contributed by atoms with Crippen LogP contribution in [0.1, 0.15) is 29.6 Å².